The van der Waals surface area contributed by atoms with Crippen LogP contribution in [0.15, 0.2) is 6.07 Å². The second-order valence-electron chi connectivity index (χ2n) is 5.46. The van der Waals surface area contributed by atoms with E-state index in [0.29, 0.717) is 6.04 Å². The number of morpholine rings is 1. The highest BCUT2D eigenvalue weighted by atomic mass is 32.1. The van der Waals surface area contributed by atoms with Gasteiger partial charge in [0.15, 0.2) is 0 Å². The molecule has 110 valence electrons. The predicted molar refractivity (Wildman–Crippen MR) is 80.2 cm³/mol. The van der Waals surface area contributed by atoms with Crippen molar-refractivity contribution in [2.24, 2.45) is 0 Å². The quantitative estimate of drug-likeness (QED) is 0.890. The molecule has 2 N–H and O–H groups in total. The van der Waals surface area contributed by atoms with Crippen LogP contribution in [-0.2, 0) is 4.74 Å². The first-order chi connectivity index (χ1) is 9.65. The van der Waals surface area contributed by atoms with Gasteiger partial charge in [-0.15, -0.1) is 11.3 Å². The molecule has 0 spiro atoms. The van der Waals surface area contributed by atoms with Gasteiger partial charge in [-0.25, -0.2) is 0 Å². The smallest absolute Gasteiger partial charge is 0.264 e. The molecule has 3 heterocycles. The lowest BCUT2D eigenvalue weighted by atomic mass is 10.2. The van der Waals surface area contributed by atoms with Gasteiger partial charge in [-0.3, -0.25) is 9.69 Å². The van der Waals surface area contributed by atoms with Gasteiger partial charge in [0, 0.05) is 42.8 Å². The van der Waals surface area contributed by atoms with Gasteiger partial charge in [0.25, 0.3) is 5.91 Å². The zero-order valence-corrected chi connectivity index (χ0v) is 12.6. The van der Waals surface area contributed by atoms with Crippen LogP contribution < -0.4 is 5.73 Å². The number of carbonyl (C=O) groups excluding carboxylic acids is 1. The molecule has 0 saturated carbocycles. The number of aryl methyl sites for hydroxylation is 1. The summed E-state index contributed by atoms with van der Waals surface area (Å²) in [6.07, 6.45) is 1.06. The van der Waals surface area contributed by atoms with E-state index in [-0.39, 0.29) is 5.91 Å². The molecule has 1 aromatic heterocycles. The van der Waals surface area contributed by atoms with E-state index in [0.717, 1.165) is 61.3 Å². The van der Waals surface area contributed by atoms with Gasteiger partial charge in [-0.1, -0.05) is 0 Å². The molecular formula is C14H21N3O2S. The Morgan fingerprint density at radius 3 is 2.80 bits per heavy atom. The number of likely N-dealkylation sites (tertiary alicyclic amines) is 1. The van der Waals surface area contributed by atoms with Crippen LogP contribution in [-0.4, -0.2) is 61.1 Å². The fourth-order valence-electron chi connectivity index (χ4n) is 2.92. The Balaban J connectivity index is 1.63. The molecule has 1 unspecified atom stereocenters. The van der Waals surface area contributed by atoms with Crippen molar-refractivity contribution in [3.63, 3.8) is 0 Å². The van der Waals surface area contributed by atoms with Crippen molar-refractivity contribution >= 4 is 22.9 Å². The summed E-state index contributed by atoms with van der Waals surface area (Å²) in [5.74, 6) is 0.130. The Hall–Kier alpha value is -1.11. The van der Waals surface area contributed by atoms with E-state index in [1.807, 2.05) is 17.9 Å². The van der Waals surface area contributed by atoms with Crippen molar-refractivity contribution in [3.8, 4) is 0 Å². The lowest BCUT2D eigenvalue weighted by molar-refractivity contribution is 0.0185. The van der Waals surface area contributed by atoms with Crippen molar-refractivity contribution < 1.29 is 9.53 Å². The van der Waals surface area contributed by atoms with Gasteiger partial charge in [0.2, 0.25) is 0 Å². The van der Waals surface area contributed by atoms with Crippen LogP contribution in [0.4, 0.5) is 5.69 Å². The van der Waals surface area contributed by atoms with Crippen LogP contribution in [0, 0.1) is 6.92 Å². The summed E-state index contributed by atoms with van der Waals surface area (Å²) in [7, 11) is 0. The van der Waals surface area contributed by atoms with Crippen LogP contribution in [0.3, 0.4) is 0 Å². The highest BCUT2D eigenvalue weighted by Crippen LogP contribution is 2.26. The van der Waals surface area contributed by atoms with Gasteiger partial charge >= 0.3 is 0 Å². The van der Waals surface area contributed by atoms with Crippen molar-refractivity contribution in [1.82, 2.24) is 9.80 Å². The largest absolute Gasteiger partial charge is 0.398 e. The average Bonchev–Trinajstić information content (AvgIpc) is 3.07. The molecule has 1 aromatic rings. The van der Waals surface area contributed by atoms with Gasteiger partial charge in [-0.2, -0.15) is 0 Å². The first-order valence-electron chi connectivity index (χ1n) is 7.12. The van der Waals surface area contributed by atoms with Crippen LogP contribution >= 0.6 is 11.3 Å². The van der Waals surface area contributed by atoms with Crippen molar-refractivity contribution in [3.05, 3.63) is 15.8 Å². The third kappa shape index (κ3) is 2.68. The number of hydrogen-bond donors (Lipinski definition) is 1. The topological polar surface area (TPSA) is 58.8 Å². The number of ether oxygens (including phenoxy) is 1. The van der Waals surface area contributed by atoms with Gasteiger partial charge in [-0.05, 0) is 19.4 Å². The number of nitrogens with two attached hydrogens (primary N) is 1. The molecule has 2 aliphatic rings. The third-order valence-corrected chi connectivity index (χ3v) is 5.23. The zero-order chi connectivity index (χ0) is 14.1. The van der Waals surface area contributed by atoms with Gasteiger partial charge in [0.05, 0.1) is 18.1 Å². The maximum absolute atomic E-state index is 12.5. The predicted octanol–water partition coefficient (Wildman–Crippen LogP) is 1.19. The first kappa shape index (κ1) is 13.9. The molecule has 2 fully saturated rings. The summed E-state index contributed by atoms with van der Waals surface area (Å²) in [6.45, 7) is 7.22. The number of carbonyl (C=O) groups is 1. The SMILES string of the molecule is Cc1sc(C(=O)N2CCC(N3CCOCC3)C2)cc1N. The Morgan fingerprint density at radius 2 is 2.15 bits per heavy atom. The highest BCUT2D eigenvalue weighted by Gasteiger charge is 2.32. The fraction of sp³-hybridized carbons (Fsp3) is 0.643. The average molecular weight is 295 g/mol. The molecule has 1 amide bonds. The number of rotatable bonds is 2. The highest BCUT2D eigenvalue weighted by molar-refractivity contribution is 7.14. The standard InChI is InChI=1S/C14H21N3O2S/c1-10-12(15)8-13(20-10)14(18)17-3-2-11(9-17)16-4-6-19-7-5-16/h8,11H,2-7,9,15H2,1H3. The van der Waals surface area contributed by atoms with E-state index in [1.165, 1.54) is 11.3 Å². The molecule has 0 aliphatic carbocycles. The lowest BCUT2D eigenvalue weighted by Gasteiger charge is -2.32. The summed E-state index contributed by atoms with van der Waals surface area (Å²) in [5, 5.41) is 0. The number of hydrogen-bond acceptors (Lipinski definition) is 5. The number of nitrogens with zero attached hydrogens (tertiary/aromatic N) is 2. The Bertz CT molecular complexity index is 477. The van der Waals surface area contributed by atoms with Gasteiger partial charge in [0.1, 0.15) is 0 Å². The Kier molecular flexibility index (Phi) is 3.96. The summed E-state index contributed by atoms with van der Waals surface area (Å²) in [4.78, 5) is 18.7. The minimum atomic E-state index is 0.130. The molecule has 1 atom stereocenters. The molecule has 0 radical (unpaired) electrons. The van der Waals surface area contributed by atoms with E-state index in [9.17, 15) is 4.79 Å². The number of nitrogen functional groups attached to an aromatic ring is 1. The Morgan fingerprint density at radius 1 is 1.40 bits per heavy atom. The summed E-state index contributed by atoms with van der Waals surface area (Å²) >= 11 is 1.50. The van der Waals surface area contributed by atoms with Gasteiger partial charge < -0.3 is 15.4 Å². The lowest BCUT2D eigenvalue weighted by Crippen LogP contribution is -2.45. The molecular weight excluding hydrogens is 274 g/mol. The molecule has 6 heteroatoms. The second kappa shape index (κ2) is 5.71. The van der Waals surface area contributed by atoms with E-state index < -0.39 is 0 Å². The zero-order valence-electron chi connectivity index (χ0n) is 11.8. The molecule has 0 bridgehead atoms. The number of anilines is 1. The molecule has 3 rings (SSSR count). The van der Waals surface area contributed by atoms with E-state index in [4.69, 9.17) is 10.5 Å². The maximum Gasteiger partial charge on any atom is 0.264 e. The summed E-state index contributed by atoms with van der Waals surface area (Å²) in [6, 6.07) is 2.30. The monoisotopic (exact) mass is 295 g/mol. The van der Waals surface area contributed by atoms with Crippen LogP contribution in [0.25, 0.3) is 0 Å². The first-order valence-corrected chi connectivity index (χ1v) is 7.94. The van der Waals surface area contributed by atoms with Crippen molar-refractivity contribution in [2.75, 3.05) is 45.1 Å². The number of amides is 1. The van der Waals surface area contributed by atoms with Crippen LogP contribution in [0.1, 0.15) is 21.0 Å². The fourth-order valence-corrected chi connectivity index (χ4v) is 3.83. The molecule has 0 aromatic carbocycles. The number of thiophene rings is 1. The summed E-state index contributed by atoms with van der Waals surface area (Å²) < 4.78 is 5.38. The van der Waals surface area contributed by atoms with Crippen LogP contribution in [0.5, 0.6) is 0 Å². The van der Waals surface area contributed by atoms with Crippen LogP contribution in [0.2, 0.25) is 0 Å². The summed E-state index contributed by atoms with van der Waals surface area (Å²) in [5.41, 5.74) is 6.56. The third-order valence-electron chi connectivity index (χ3n) is 4.18. The van der Waals surface area contributed by atoms with E-state index >= 15 is 0 Å². The molecule has 2 saturated heterocycles. The maximum atomic E-state index is 12.5. The second-order valence-corrected chi connectivity index (χ2v) is 6.72. The normalized spacial score (nSPS) is 24.2. The van der Waals surface area contributed by atoms with E-state index in [1.54, 1.807) is 0 Å². The molecule has 5 nitrogen and oxygen atoms in total. The van der Waals surface area contributed by atoms with Crippen molar-refractivity contribution in [1.29, 1.82) is 0 Å². The minimum absolute atomic E-state index is 0.130. The Labute approximate surface area is 123 Å². The molecule has 2 aliphatic heterocycles. The molecule has 20 heavy (non-hydrogen) atoms. The van der Waals surface area contributed by atoms with E-state index in [2.05, 4.69) is 4.90 Å². The van der Waals surface area contributed by atoms with Crippen molar-refractivity contribution in [2.45, 2.75) is 19.4 Å². The minimum Gasteiger partial charge on any atom is -0.398 e.